The molecule has 0 spiro atoms. The first-order chi connectivity index (χ1) is 19.8. The summed E-state index contributed by atoms with van der Waals surface area (Å²) in [5.74, 6) is -0.889. The monoisotopic (exact) mass is 580 g/mol. The molecule has 8 nitrogen and oxygen atoms in total. The summed E-state index contributed by atoms with van der Waals surface area (Å²) in [6, 6.07) is -0.440. The molecule has 0 unspecified atom stereocenters. The third kappa shape index (κ3) is 15.6. The van der Waals surface area contributed by atoms with Crippen molar-refractivity contribution in [2.45, 2.75) is 162 Å². The lowest BCUT2D eigenvalue weighted by Gasteiger charge is -2.27. The van der Waals surface area contributed by atoms with Gasteiger partial charge in [0.1, 0.15) is 18.8 Å². The van der Waals surface area contributed by atoms with Crippen LogP contribution in [0.4, 0.5) is 4.79 Å². The van der Waals surface area contributed by atoms with Gasteiger partial charge in [0.05, 0.1) is 13.1 Å². The van der Waals surface area contributed by atoms with Crippen LogP contribution in [0.2, 0.25) is 0 Å². The molecule has 1 rings (SSSR count). The number of amides is 3. The molecule has 0 atom stereocenters. The summed E-state index contributed by atoms with van der Waals surface area (Å²) in [7, 11) is 0. The van der Waals surface area contributed by atoms with Gasteiger partial charge in [-0.15, -0.1) is 0 Å². The van der Waals surface area contributed by atoms with Gasteiger partial charge in [0.2, 0.25) is 0 Å². The zero-order valence-corrected chi connectivity index (χ0v) is 26.8. The molecular formula is C33H60N2O6. The Morgan fingerprint density at radius 1 is 0.585 bits per heavy atom. The topological polar surface area (TPSA) is 93.2 Å². The number of urea groups is 1. The average molecular weight is 581 g/mol. The molecule has 0 bridgehead atoms. The fourth-order valence-electron chi connectivity index (χ4n) is 5.30. The summed E-state index contributed by atoms with van der Waals surface area (Å²) in [4.78, 5) is 52.6. The van der Waals surface area contributed by atoms with E-state index in [9.17, 15) is 19.2 Å². The molecule has 0 radical (unpaired) electrons. The molecule has 0 aromatic carbocycles. The van der Waals surface area contributed by atoms with Crippen LogP contribution in [0.15, 0.2) is 0 Å². The van der Waals surface area contributed by atoms with E-state index in [0.29, 0.717) is 12.8 Å². The highest BCUT2D eigenvalue weighted by Gasteiger charge is 2.50. The first-order valence-corrected chi connectivity index (χ1v) is 16.7. The second-order valence-electron chi connectivity index (χ2n) is 12.0. The van der Waals surface area contributed by atoms with Crippen LogP contribution in [0, 0.1) is 0 Å². The molecule has 0 saturated carbocycles. The molecule has 3 amide bonds. The lowest BCUT2D eigenvalue weighted by molar-refractivity contribution is -0.146. The van der Waals surface area contributed by atoms with Crippen molar-refractivity contribution in [2.75, 3.05) is 26.3 Å². The number of carbonyl (C=O) groups is 4. The Bertz CT molecular complexity index is 754. The molecule has 0 aliphatic carbocycles. The van der Waals surface area contributed by atoms with Gasteiger partial charge in [-0.05, 0) is 26.7 Å². The number of carbonyl (C=O) groups excluding carboxylic acids is 4. The third-order valence-corrected chi connectivity index (χ3v) is 8.03. The van der Waals surface area contributed by atoms with E-state index in [1.54, 1.807) is 13.8 Å². The van der Waals surface area contributed by atoms with Crippen molar-refractivity contribution in [3.8, 4) is 0 Å². The highest BCUT2D eigenvalue weighted by atomic mass is 16.5. The van der Waals surface area contributed by atoms with Crippen molar-refractivity contribution in [3.63, 3.8) is 0 Å². The van der Waals surface area contributed by atoms with Gasteiger partial charge < -0.3 is 14.4 Å². The maximum absolute atomic E-state index is 12.9. The van der Waals surface area contributed by atoms with Gasteiger partial charge in [-0.1, -0.05) is 117 Å². The SMILES string of the molecule is CCCCCCCCCCCC(=O)OCCN1C(=O)N(CCOC(=O)CCCCCCCCCCC)C(C)(C)C1=O. The molecule has 1 heterocycles. The van der Waals surface area contributed by atoms with Crippen LogP contribution in [0.3, 0.4) is 0 Å². The Morgan fingerprint density at radius 3 is 1.37 bits per heavy atom. The van der Waals surface area contributed by atoms with Gasteiger partial charge in [-0.25, -0.2) is 4.79 Å². The van der Waals surface area contributed by atoms with Crippen molar-refractivity contribution < 1.29 is 28.7 Å². The van der Waals surface area contributed by atoms with E-state index in [4.69, 9.17) is 9.47 Å². The molecule has 238 valence electrons. The van der Waals surface area contributed by atoms with E-state index >= 15 is 0 Å². The maximum Gasteiger partial charge on any atom is 0.327 e. The van der Waals surface area contributed by atoms with Crippen LogP contribution in [0.25, 0.3) is 0 Å². The van der Waals surface area contributed by atoms with Crippen molar-refractivity contribution in [1.82, 2.24) is 9.80 Å². The fourth-order valence-corrected chi connectivity index (χ4v) is 5.30. The van der Waals surface area contributed by atoms with Gasteiger partial charge in [0.25, 0.3) is 5.91 Å². The van der Waals surface area contributed by atoms with Crippen molar-refractivity contribution in [3.05, 3.63) is 0 Å². The van der Waals surface area contributed by atoms with E-state index in [0.717, 1.165) is 43.4 Å². The standard InChI is InChI=1S/C33H60N2O6/c1-5-7-9-11-13-15-17-19-21-23-29(36)40-27-25-34-31(38)33(3,4)35(32(34)39)26-28-41-30(37)24-22-20-18-16-14-12-10-8-6-2/h5-28H2,1-4H3. The van der Waals surface area contributed by atoms with Crippen molar-refractivity contribution in [2.24, 2.45) is 0 Å². The molecule has 0 aromatic rings. The van der Waals surface area contributed by atoms with Gasteiger partial charge >= 0.3 is 18.0 Å². The normalized spacial score (nSPS) is 14.6. The Hall–Kier alpha value is -2.12. The Morgan fingerprint density at radius 2 is 0.951 bits per heavy atom. The lowest BCUT2D eigenvalue weighted by atomic mass is 10.0. The minimum atomic E-state index is -1.04. The molecule has 0 N–H and O–H groups in total. The van der Waals surface area contributed by atoms with Crippen LogP contribution in [0.5, 0.6) is 0 Å². The minimum absolute atomic E-state index is 0.00854. The smallest absolute Gasteiger partial charge is 0.327 e. The summed E-state index contributed by atoms with van der Waals surface area (Å²) < 4.78 is 10.7. The fraction of sp³-hybridized carbons (Fsp3) is 0.879. The predicted octanol–water partition coefficient (Wildman–Crippen LogP) is 7.96. The third-order valence-electron chi connectivity index (χ3n) is 8.03. The largest absolute Gasteiger partial charge is 0.464 e. The van der Waals surface area contributed by atoms with Crippen LogP contribution in [0.1, 0.15) is 156 Å². The van der Waals surface area contributed by atoms with Gasteiger partial charge in [-0.3, -0.25) is 19.3 Å². The molecule has 1 aliphatic rings. The van der Waals surface area contributed by atoms with Crippen molar-refractivity contribution >= 4 is 23.9 Å². The molecule has 0 aromatic heterocycles. The maximum atomic E-state index is 12.9. The molecule has 41 heavy (non-hydrogen) atoms. The number of hydrogen-bond acceptors (Lipinski definition) is 6. The number of rotatable bonds is 26. The summed E-state index contributed by atoms with van der Waals surface area (Å²) in [6.07, 6.45) is 22.0. The molecule has 1 saturated heterocycles. The summed E-state index contributed by atoms with van der Waals surface area (Å²) >= 11 is 0. The quantitative estimate of drug-likeness (QED) is 0.0585. The summed E-state index contributed by atoms with van der Waals surface area (Å²) in [5.41, 5.74) is -1.04. The van der Waals surface area contributed by atoms with E-state index in [1.165, 1.54) is 81.9 Å². The number of unbranched alkanes of at least 4 members (excludes halogenated alkanes) is 16. The molecule has 1 fully saturated rings. The highest BCUT2D eigenvalue weighted by molar-refractivity contribution is 6.06. The Labute approximate surface area is 250 Å². The van der Waals surface area contributed by atoms with E-state index in [-0.39, 0.29) is 44.1 Å². The second kappa shape index (κ2) is 22.5. The van der Waals surface area contributed by atoms with Gasteiger partial charge in [0, 0.05) is 12.8 Å². The van der Waals surface area contributed by atoms with Gasteiger partial charge in [-0.2, -0.15) is 0 Å². The van der Waals surface area contributed by atoms with Crippen molar-refractivity contribution in [1.29, 1.82) is 0 Å². The zero-order valence-electron chi connectivity index (χ0n) is 26.8. The molecular weight excluding hydrogens is 520 g/mol. The summed E-state index contributed by atoms with van der Waals surface area (Å²) in [6.45, 7) is 8.04. The second-order valence-corrected chi connectivity index (χ2v) is 12.0. The average Bonchev–Trinajstić information content (AvgIpc) is 3.10. The number of esters is 2. The number of imide groups is 1. The molecule has 1 aliphatic heterocycles. The summed E-state index contributed by atoms with van der Waals surface area (Å²) in [5, 5.41) is 0. The van der Waals surface area contributed by atoms with Crippen LogP contribution in [-0.2, 0) is 23.9 Å². The number of hydrogen-bond donors (Lipinski definition) is 0. The lowest BCUT2D eigenvalue weighted by Crippen LogP contribution is -2.45. The van der Waals surface area contributed by atoms with E-state index < -0.39 is 11.6 Å². The minimum Gasteiger partial charge on any atom is -0.464 e. The van der Waals surface area contributed by atoms with E-state index in [2.05, 4.69) is 13.8 Å². The van der Waals surface area contributed by atoms with Crippen LogP contribution >= 0.6 is 0 Å². The van der Waals surface area contributed by atoms with Crippen LogP contribution in [-0.4, -0.2) is 65.5 Å². The number of ether oxygens (including phenoxy) is 2. The molecule has 8 heteroatoms. The highest BCUT2D eigenvalue weighted by Crippen LogP contribution is 2.27. The first kappa shape index (κ1) is 36.9. The Kier molecular flexibility index (Phi) is 20.2. The zero-order chi connectivity index (χ0) is 30.3. The first-order valence-electron chi connectivity index (χ1n) is 16.7. The van der Waals surface area contributed by atoms with E-state index in [1.807, 2.05) is 0 Å². The predicted molar refractivity (Wildman–Crippen MR) is 163 cm³/mol. The van der Waals surface area contributed by atoms with Crippen LogP contribution < -0.4 is 0 Å². The van der Waals surface area contributed by atoms with Gasteiger partial charge in [0.15, 0.2) is 0 Å². The number of nitrogens with zero attached hydrogens (tertiary/aromatic N) is 2. The Balaban J connectivity index is 2.20.